The molecule has 86 valence electrons. The van der Waals surface area contributed by atoms with Crippen LogP contribution in [0.1, 0.15) is 0 Å². The van der Waals surface area contributed by atoms with Crippen molar-refractivity contribution in [3.05, 3.63) is 30.3 Å². The number of benzene rings is 1. The maximum atomic E-state index is 11.5. The Labute approximate surface area is 86.3 Å². The standard InChI is InChI=1S/C7H5F3O.H3NO2S/c8-7(9,10)11-6-4-2-1-3-5-6;1-4(2)3/h1-5H;1H2,(H,2,3)/p-1. The Balaban J connectivity index is 0.000000423. The zero-order valence-electron chi connectivity index (χ0n) is 7.23. The second-order valence-corrected chi connectivity index (χ2v) is 2.64. The third-order valence-electron chi connectivity index (χ3n) is 0.977. The minimum atomic E-state index is -4.60. The smallest absolute Gasteiger partial charge is 0.573 e. The lowest BCUT2D eigenvalue weighted by molar-refractivity contribution is -0.274. The molecule has 2 N–H and O–H groups in total. The van der Waals surface area contributed by atoms with E-state index >= 15 is 0 Å². The molecule has 0 aliphatic carbocycles. The lowest BCUT2D eigenvalue weighted by atomic mass is 10.3. The van der Waals surface area contributed by atoms with Crippen LogP contribution in [0.2, 0.25) is 0 Å². The molecule has 1 aromatic carbocycles. The molecule has 1 unspecified atom stereocenters. The van der Waals surface area contributed by atoms with Crippen LogP contribution in [0.25, 0.3) is 0 Å². The van der Waals surface area contributed by atoms with E-state index in [1.54, 1.807) is 6.07 Å². The molecule has 1 aromatic rings. The van der Waals surface area contributed by atoms with E-state index < -0.39 is 17.6 Å². The van der Waals surface area contributed by atoms with Gasteiger partial charge in [-0.3, -0.25) is 9.35 Å². The predicted octanol–water partition coefficient (Wildman–Crippen LogP) is 1.32. The summed E-state index contributed by atoms with van der Waals surface area (Å²) in [4.78, 5) is 0. The summed E-state index contributed by atoms with van der Waals surface area (Å²) >= 11 is -2.36. The number of rotatable bonds is 1. The van der Waals surface area contributed by atoms with E-state index in [9.17, 15) is 13.2 Å². The van der Waals surface area contributed by atoms with Crippen molar-refractivity contribution in [3.8, 4) is 5.75 Å². The molecule has 0 fully saturated rings. The summed E-state index contributed by atoms with van der Waals surface area (Å²) < 4.78 is 55.7. The second kappa shape index (κ2) is 6.38. The molecular formula is C7H7F3NO3S-. The number of hydrogen-bond donors (Lipinski definition) is 1. The Morgan fingerprint density at radius 3 is 2.00 bits per heavy atom. The van der Waals surface area contributed by atoms with Crippen LogP contribution in [-0.2, 0) is 11.3 Å². The number of para-hydroxylation sites is 1. The van der Waals surface area contributed by atoms with Crippen molar-refractivity contribution in [3.63, 3.8) is 0 Å². The van der Waals surface area contributed by atoms with Crippen molar-refractivity contribution in [2.75, 3.05) is 0 Å². The van der Waals surface area contributed by atoms with Gasteiger partial charge in [-0.1, -0.05) is 18.2 Å². The first-order chi connectivity index (χ1) is 6.81. The van der Waals surface area contributed by atoms with Gasteiger partial charge in [0.15, 0.2) is 0 Å². The summed E-state index contributed by atoms with van der Waals surface area (Å²) in [7, 11) is 0. The number of hydrogen-bond acceptors (Lipinski definition) is 3. The summed E-state index contributed by atoms with van der Waals surface area (Å²) in [5, 5.41) is 4.03. The fourth-order valence-electron chi connectivity index (χ4n) is 0.622. The highest BCUT2D eigenvalue weighted by Crippen LogP contribution is 2.21. The lowest BCUT2D eigenvalue weighted by Gasteiger charge is -2.07. The van der Waals surface area contributed by atoms with Crippen molar-refractivity contribution in [2.24, 2.45) is 5.14 Å². The largest absolute Gasteiger partial charge is 0.760 e. The number of nitrogens with two attached hydrogens (primary N) is 1. The molecule has 1 atom stereocenters. The van der Waals surface area contributed by atoms with Gasteiger partial charge in [-0.15, -0.1) is 13.2 Å². The molecule has 0 aromatic heterocycles. The van der Waals surface area contributed by atoms with Crippen LogP contribution in [0.4, 0.5) is 13.2 Å². The van der Waals surface area contributed by atoms with Crippen LogP contribution in [0.15, 0.2) is 30.3 Å². The Bertz CT molecular complexity index is 300. The van der Waals surface area contributed by atoms with Gasteiger partial charge in [-0.2, -0.15) is 0 Å². The first-order valence-corrected chi connectivity index (χ1v) is 4.59. The fraction of sp³-hybridized carbons (Fsp3) is 0.143. The molecular weight excluding hydrogens is 235 g/mol. The van der Waals surface area contributed by atoms with E-state index in [0.29, 0.717) is 0 Å². The van der Waals surface area contributed by atoms with Gasteiger partial charge in [0.25, 0.3) is 0 Å². The molecule has 0 spiro atoms. The number of alkyl halides is 3. The van der Waals surface area contributed by atoms with Gasteiger partial charge in [0.05, 0.1) is 0 Å². The van der Waals surface area contributed by atoms with Crippen molar-refractivity contribution in [1.82, 2.24) is 0 Å². The van der Waals surface area contributed by atoms with Crippen molar-refractivity contribution in [1.29, 1.82) is 0 Å². The number of ether oxygens (including phenoxy) is 1. The molecule has 0 saturated heterocycles. The van der Waals surface area contributed by atoms with Crippen LogP contribution in [0.3, 0.4) is 0 Å². The van der Waals surface area contributed by atoms with Crippen LogP contribution < -0.4 is 9.88 Å². The van der Waals surface area contributed by atoms with Crippen LogP contribution in [0.5, 0.6) is 5.75 Å². The molecule has 0 bridgehead atoms. The van der Waals surface area contributed by atoms with Gasteiger partial charge < -0.3 is 9.29 Å². The fourth-order valence-corrected chi connectivity index (χ4v) is 0.622. The average Bonchev–Trinajstić information content (AvgIpc) is 2.01. The van der Waals surface area contributed by atoms with Crippen LogP contribution in [-0.4, -0.2) is 15.1 Å². The van der Waals surface area contributed by atoms with Crippen LogP contribution >= 0.6 is 0 Å². The predicted molar refractivity (Wildman–Crippen MR) is 46.2 cm³/mol. The zero-order valence-corrected chi connectivity index (χ0v) is 8.05. The van der Waals surface area contributed by atoms with Crippen LogP contribution in [0, 0.1) is 0 Å². The van der Waals surface area contributed by atoms with Crippen molar-refractivity contribution in [2.45, 2.75) is 6.36 Å². The molecule has 0 radical (unpaired) electrons. The zero-order chi connectivity index (χ0) is 11.9. The molecule has 4 nitrogen and oxygen atoms in total. The van der Waals surface area contributed by atoms with Crippen molar-refractivity contribution >= 4 is 11.3 Å². The SMILES string of the molecule is FC(F)(F)Oc1ccccc1.NS(=O)[O-]. The first kappa shape index (κ1) is 13.9. The maximum absolute atomic E-state index is 11.5. The monoisotopic (exact) mass is 242 g/mol. The molecule has 0 amide bonds. The van der Waals surface area contributed by atoms with E-state index in [1.807, 2.05) is 0 Å². The minimum absolute atomic E-state index is 0.194. The lowest BCUT2D eigenvalue weighted by Crippen LogP contribution is -2.16. The molecule has 15 heavy (non-hydrogen) atoms. The molecule has 0 aliphatic rings. The number of halogens is 3. The minimum Gasteiger partial charge on any atom is -0.760 e. The topological polar surface area (TPSA) is 75.4 Å². The van der Waals surface area contributed by atoms with Crippen molar-refractivity contribution < 1.29 is 26.7 Å². The highest BCUT2D eigenvalue weighted by Gasteiger charge is 2.30. The van der Waals surface area contributed by atoms with E-state index in [1.165, 1.54) is 24.3 Å². The van der Waals surface area contributed by atoms with E-state index in [2.05, 4.69) is 9.88 Å². The van der Waals surface area contributed by atoms with E-state index in [4.69, 9.17) is 8.76 Å². The molecule has 1 rings (SSSR count). The second-order valence-electron chi connectivity index (χ2n) is 2.12. The van der Waals surface area contributed by atoms with E-state index in [0.717, 1.165) is 0 Å². The quantitative estimate of drug-likeness (QED) is 0.754. The van der Waals surface area contributed by atoms with Gasteiger partial charge in [-0.05, 0) is 12.1 Å². The first-order valence-electron chi connectivity index (χ1n) is 3.45. The Hall–Kier alpha value is -1.12. The third-order valence-corrected chi connectivity index (χ3v) is 0.977. The third kappa shape index (κ3) is 10.8. The summed E-state index contributed by atoms with van der Waals surface area (Å²) in [5.41, 5.74) is 0. The van der Waals surface area contributed by atoms with Gasteiger partial charge in [0, 0.05) is 11.3 Å². The summed E-state index contributed by atoms with van der Waals surface area (Å²) in [6.07, 6.45) is -4.60. The molecule has 0 aliphatic heterocycles. The molecule has 8 heteroatoms. The molecule has 0 heterocycles. The van der Waals surface area contributed by atoms with Gasteiger partial charge in [-0.25, -0.2) is 0 Å². The van der Waals surface area contributed by atoms with Gasteiger partial charge in [0.2, 0.25) is 0 Å². The highest BCUT2D eigenvalue weighted by atomic mass is 32.2. The summed E-state index contributed by atoms with van der Waals surface area (Å²) in [5.74, 6) is -0.194. The Kier molecular flexibility index (Phi) is 5.90. The Morgan fingerprint density at radius 2 is 1.67 bits per heavy atom. The highest BCUT2D eigenvalue weighted by molar-refractivity contribution is 7.76. The summed E-state index contributed by atoms with van der Waals surface area (Å²) in [6, 6.07) is 7.05. The van der Waals surface area contributed by atoms with E-state index in [-0.39, 0.29) is 5.75 Å². The average molecular weight is 242 g/mol. The molecule has 0 saturated carbocycles. The van der Waals surface area contributed by atoms with Gasteiger partial charge >= 0.3 is 6.36 Å². The maximum Gasteiger partial charge on any atom is 0.573 e. The summed E-state index contributed by atoms with van der Waals surface area (Å²) in [6.45, 7) is 0. The Morgan fingerprint density at radius 1 is 1.27 bits per heavy atom. The normalized spacial score (nSPS) is 12.3. The van der Waals surface area contributed by atoms with Gasteiger partial charge in [0.1, 0.15) is 5.75 Å².